The number of hydrogen-bond donors (Lipinski definition) is 0. The van der Waals surface area contributed by atoms with Crippen molar-refractivity contribution in [3.63, 3.8) is 0 Å². The molecular weight excluding hydrogens is 237 g/mol. The highest BCUT2D eigenvalue weighted by Gasteiger charge is 2.63. The molecule has 0 bridgehead atoms. The van der Waals surface area contributed by atoms with Crippen LogP contribution in [0.3, 0.4) is 0 Å². The molecule has 17 heavy (non-hydrogen) atoms. The predicted octanol–water partition coefficient (Wildman–Crippen LogP) is 3.29. The third-order valence-corrected chi connectivity index (χ3v) is 4.82. The van der Waals surface area contributed by atoms with Crippen molar-refractivity contribution >= 4 is 11.6 Å². The smallest absolute Gasteiger partial charge is 0.145 e. The zero-order valence-corrected chi connectivity index (χ0v) is 10.3. The Morgan fingerprint density at radius 2 is 2.18 bits per heavy atom. The van der Waals surface area contributed by atoms with Crippen LogP contribution in [0.5, 0.6) is 0 Å². The molecule has 1 heterocycles. The van der Waals surface area contributed by atoms with Crippen molar-refractivity contribution in [3.05, 3.63) is 34.6 Å². The van der Waals surface area contributed by atoms with Gasteiger partial charge < -0.3 is 0 Å². The van der Waals surface area contributed by atoms with Gasteiger partial charge in [0.2, 0.25) is 0 Å². The summed E-state index contributed by atoms with van der Waals surface area (Å²) < 4.78 is 13.9. The summed E-state index contributed by atoms with van der Waals surface area (Å²) in [5, 5.41) is 0.266. The van der Waals surface area contributed by atoms with Gasteiger partial charge in [-0.1, -0.05) is 23.7 Å². The minimum Gasteiger partial charge on any atom is -0.299 e. The first-order chi connectivity index (χ1) is 8.25. The lowest BCUT2D eigenvalue weighted by Gasteiger charge is -2.29. The molecule has 1 nitrogen and oxygen atoms in total. The summed E-state index contributed by atoms with van der Waals surface area (Å²) in [6.07, 6.45) is 2.79. The molecule has 0 amide bonds. The summed E-state index contributed by atoms with van der Waals surface area (Å²) in [7, 11) is 0. The second-order valence-corrected chi connectivity index (χ2v) is 6.13. The highest BCUT2D eigenvalue weighted by atomic mass is 35.5. The Balaban J connectivity index is 1.52. The maximum atomic E-state index is 13.9. The number of likely N-dealkylation sites (tertiary alicyclic amines) is 1. The van der Waals surface area contributed by atoms with Crippen LogP contribution < -0.4 is 0 Å². The molecule has 3 aliphatic rings. The molecule has 4 rings (SSSR count). The van der Waals surface area contributed by atoms with Gasteiger partial charge in [0.1, 0.15) is 5.82 Å². The summed E-state index contributed by atoms with van der Waals surface area (Å²) in [5.74, 6) is 1.84. The molecule has 3 unspecified atom stereocenters. The fourth-order valence-electron chi connectivity index (χ4n) is 3.35. The summed E-state index contributed by atoms with van der Waals surface area (Å²) in [6, 6.07) is 6.01. The van der Waals surface area contributed by atoms with Crippen molar-refractivity contribution in [2.75, 3.05) is 13.1 Å². The average Bonchev–Trinajstić information content (AvgIpc) is 3.15. The third-order valence-electron chi connectivity index (χ3n) is 4.52. The molecule has 2 aliphatic carbocycles. The second-order valence-electron chi connectivity index (χ2n) is 5.72. The molecule has 1 saturated heterocycles. The zero-order valence-electron chi connectivity index (χ0n) is 9.57. The number of halogens is 2. The largest absolute Gasteiger partial charge is 0.299 e. The quantitative estimate of drug-likeness (QED) is 0.797. The monoisotopic (exact) mass is 251 g/mol. The summed E-state index contributed by atoms with van der Waals surface area (Å²) in [4.78, 5) is 2.54. The normalized spacial score (nSPS) is 35.3. The molecule has 0 radical (unpaired) electrons. The third kappa shape index (κ3) is 1.54. The van der Waals surface area contributed by atoms with E-state index in [1.54, 1.807) is 6.07 Å². The fourth-order valence-corrected chi connectivity index (χ4v) is 3.53. The van der Waals surface area contributed by atoms with Gasteiger partial charge in [0.25, 0.3) is 0 Å². The Kier molecular flexibility index (Phi) is 2.10. The van der Waals surface area contributed by atoms with Gasteiger partial charge in [-0.3, -0.25) is 4.90 Å². The van der Waals surface area contributed by atoms with Crippen LogP contribution in [0, 0.1) is 17.7 Å². The van der Waals surface area contributed by atoms with Gasteiger partial charge in [0, 0.05) is 25.0 Å². The van der Waals surface area contributed by atoms with E-state index in [-0.39, 0.29) is 10.8 Å². The van der Waals surface area contributed by atoms with E-state index in [9.17, 15) is 4.39 Å². The van der Waals surface area contributed by atoms with E-state index in [0.29, 0.717) is 17.9 Å². The van der Waals surface area contributed by atoms with Crippen LogP contribution in [0.2, 0.25) is 5.02 Å². The fraction of sp³-hybridized carbons (Fsp3) is 0.571. The Bertz CT molecular complexity index is 471. The van der Waals surface area contributed by atoms with Crippen LogP contribution in [-0.4, -0.2) is 24.0 Å². The van der Waals surface area contributed by atoms with E-state index in [2.05, 4.69) is 4.90 Å². The second kappa shape index (κ2) is 3.46. The van der Waals surface area contributed by atoms with Crippen molar-refractivity contribution in [2.45, 2.75) is 24.8 Å². The summed E-state index contributed by atoms with van der Waals surface area (Å²) >= 11 is 5.84. The SMILES string of the molecule is Fc1c(Cl)cccc1C1C2CN(CC3CC3)C21. The zero-order chi connectivity index (χ0) is 11.6. The maximum absolute atomic E-state index is 13.9. The topological polar surface area (TPSA) is 3.24 Å². The van der Waals surface area contributed by atoms with Crippen LogP contribution in [0.15, 0.2) is 18.2 Å². The van der Waals surface area contributed by atoms with E-state index in [1.165, 1.54) is 19.4 Å². The Hall–Kier alpha value is -0.600. The van der Waals surface area contributed by atoms with Crippen LogP contribution >= 0.6 is 11.6 Å². The minimum atomic E-state index is -0.195. The summed E-state index contributed by atoms with van der Waals surface area (Å²) in [5.41, 5.74) is 0.839. The predicted molar refractivity (Wildman–Crippen MR) is 65.7 cm³/mol. The van der Waals surface area contributed by atoms with Crippen molar-refractivity contribution in [1.82, 2.24) is 4.90 Å². The van der Waals surface area contributed by atoms with Gasteiger partial charge in [-0.15, -0.1) is 0 Å². The van der Waals surface area contributed by atoms with Gasteiger partial charge in [0.15, 0.2) is 0 Å². The number of fused-ring (bicyclic) bond motifs is 1. The Morgan fingerprint density at radius 3 is 2.94 bits per heavy atom. The van der Waals surface area contributed by atoms with Crippen LogP contribution in [0.25, 0.3) is 0 Å². The van der Waals surface area contributed by atoms with Crippen molar-refractivity contribution < 1.29 is 4.39 Å². The lowest BCUT2D eigenvalue weighted by atomic mass is 10.1. The van der Waals surface area contributed by atoms with Gasteiger partial charge in [-0.2, -0.15) is 0 Å². The average molecular weight is 252 g/mol. The molecule has 0 aromatic heterocycles. The number of nitrogens with zero attached hydrogens (tertiary/aromatic N) is 1. The van der Waals surface area contributed by atoms with Gasteiger partial charge in [-0.25, -0.2) is 4.39 Å². The number of rotatable bonds is 3. The molecule has 3 fully saturated rings. The molecule has 3 atom stereocenters. The van der Waals surface area contributed by atoms with E-state index in [0.717, 1.165) is 18.0 Å². The van der Waals surface area contributed by atoms with Crippen LogP contribution in [0.4, 0.5) is 4.39 Å². The number of benzene rings is 1. The molecule has 0 spiro atoms. The number of hydrogen-bond acceptors (Lipinski definition) is 1. The first-order valence-electron chi connectivity index (χ1n) is 6.43. The lowest BCUT2D eigenvalue weighted by molar-refractivity contribution is 0.161. The standard InChI is InChI=1S/C14H15ClFN/c15-11-3-1-2-9(13(11)16)12-10-7-17(14(10)12)6-8-4-5-8/h1-3,8,10,12,14H,4-7H2. The maximum Gasteiger partial charge on any atom is 0.145 e. The van der Waals surface area contributed by atoms with Gasteiger partial charge in [-0.05, 0) is 36.3 Å². The Morgan fingerprint density at radius 1 is 1.35 bits per heavy atom. The van der Waals surface area contributed by atoms with Crippen molar-refractivity contribution in [2.24, 2.45) is 11.8 Å². The van der Waals surface area contributed by atoms with Gasteiger partial charge >= 0.3 is 0 Å². The summed E-state index contributed by atoms with van der Waals surface area (Å²) in [6.45, 7) is 2.40. The van der Waals surface area contributed by atoms with Crippen molar-refractivity contribution in [3.8, 4) is 0 Å². The Labute approximate surface area is 106 Å². The van der Waals surface area contributed by atoms with Crippen LogP contribution in [0.1, 0.15) is 24.3 Å². The molecule has 3 heteroatoms. The minimum absolute atomic E-state index is 0.195. The van der Waals surface area contributed by atoms with E-state index in [1.807, 2.05) is 12.1 Å². The molecular formula is C14H15ClFN. The molecule has 90 valence electrons. The van der Waals surface area contributed by atoms with Crippen molar-refractivity contribution in [1.29, 1.82) is 0 Å². The highest BCUT2D eigenvalue weighted by Crippen LogP contribution is 2.60. The molecule has 0 N–H and O–H groups in total. The lowest BCUT2D eigenvalue weighted by Crippen LogP contribution is -2.40. The first kappa shape index (κ1) is 10.3. The highest BCUT2D eigenvalue weighted by molar-refractivity contribution is 6.30. The van der Waals surface area contributed by atoms with Gasteiger partial charge in [0.05, 0.1) is 5.02 Å². The van der Waals surface area contributed by atoms with E-state index >= 15 is 0 Å². The van der Waals surface area contributed by atoms with E-state index < -0.39 is 0 Å². The molecule has 1 aromatic rings. The van der Waals surface area contributed by atoms with Crippen LogP contribution in [-0.2, 0) is 0 Å². The molecule has 1 aliphatic heterocycles. The van der Waals surface area contributed by atoms with E-state index in [4.69, 9.17) is 11.6 Å². The molecule has 2 saturated carbocycles. The first-order valence-corrected chi connectivity index (χ1v) is 6.81. The molecule has 1 aromatic carbocycles.